The molecule has 5 rings (SSSR count). The second-order valence-electron chi connectivity index (χ2n) is 8.24. The average Bonchev–Trinajstić information content (AvgIpc) is 3.13. The Morgan fingerprint density at radius 3 is 2.06 bits per heavy atom. The maximum absolute atomic E-state index is 13.7. The number of benzene rings is 4. The molecule has 158 valence electrons. The van der Waals surface area contributed by atoms with Gasteiger partial charge >= 0.3 is 5.97 Å². The lowest BCUT2D eigenvalue weighted by Gasteiger charge is -2.25. The monoisotopic (exact) mass is 441 g/mol. The third kappa shape index (κ3) is 3.57. The van der Waals surface area contributed by atoms with Crippen molar-refractivity contribution in [3.8, 4) is 4.90 Å². The molecule has 0 fully saturated rings. The van der Waals surface area contributed by atoms with E-state index in [1.807, 2.05) is 12.1 Å². The van der Waals surface area contributed by atoms with E-state index in [9.17, 15) is 9.18 Å². The average molecular weight is 442 g/mol. The minimum Gasteiger partial charge on any atom is -0.451 e. The van der Waals surface area contributed by atoms with Crippen molar-refractivity contribution >= 4 is 36.6 Å². The zero-order valence-electron chi connectivity index (χ0n) is 17.8. The van der Waals surface area contributed by atoms with E-state index in [0.29, 0.717) is 11.1 Å². The highest BCUT2D eigenvalue weighted by atomic mass is 32.2. The Morgan fingerprint density at radius 1 is 0.781 bits per heavy atom. The Kier molecular flexibility index (Phi) is 5.03. The number of carbonyl (C=O) groups excluding carboxylic acids is 1. The van der Waals surface area contributed by atoms with Crippen molar-refractivity contribution in [2.24, 2.45) is 0 Å². The van der Waals surface area contributed by atoms with Crippen molar-refractivity contribution in [2.75, 3.05) is 0 Å². The van der Waals surface area contributed by atoms with E-state index in [0.717, 1.165) is 4.90 Å². The minimum absolute atomic E-state index is 0.287. The molecule has 0 aliphatic carbocycles. The summed E-state index contributed by atoms with van der Waals surface area (Å²) in [6.45, 7) is 3.55. The fraction of sp³-hybridized carbons (Fsp3) is 0.107. The smallest absolute Gasteiger partial charge is 0.339 e. The van der Waals surface area contributed by atoms with Crippen LogP contribution in [0.5, 0.6) is 0 Å². The molecule has 0 saturated carbocycles. The molecule has 0 radical (unpaired) electrons. The van der Waals surface area contributed by atoms with Crippen LogP contribution < -0.4 is 0 Å². The maximum atomic E-state index is 13.7. The molecule has 0 aliphatic rings. The third-order valence-electron chi connectivity index (χ3n) is 5.68. The second-order valence-corrected chi connectivity index (χ2v) is 10.2. The maximum Gasteiger partial charge on any atom is 0.339 e. The van der Waals surface area contributed by atoms with E-state index in [4.69, 9.17) is 4.74 Å². The first-order valence-corrected chi connectivity index (χ1v) is 11.7. The number of esters is 1. The van der Waals surface area contributed by atoms with Crippen molar-refractivity contribution in [3.63, 3.8) is 0 Å². The van der Waals surface area contributed by atoms with Crippen LogP contribution in [-0.4, -0.2) is 5.97 Å². The summed E-state index contributed by atoms with van der Waals surface area (Å²) in [5.41, 5.74) is 0.146. The van der Waals surface area contributed by atoms with Gasteiger partial charge < -0.3 is 4.74 Å². The van der Waals surface area contributed by atoms with Crippen molar-refractivity contribution in [3.05, 3.63) is 114 Å². The second kappa shape index (κ2) is 7.88. The predicted molar refractivity (Wildman–Crippen MR) is 130 cm³/mol. The van der Waals surface area contributed by atoms with Gasteiger partial charge in [0.05, 0.1) is 5.56 Å². The van der Waals surface area contributed by atoms with Gasteiger partial charge in [0, 0.05) is 27.3 Å². The molecule has 1 heterocycles. The van der Waals surface area contributed by atoms with Gasteiger partial charge in [-0.05, 0) is 67.9 Å². The standard InChI is InChI=1S/C28H22FO2S/c1-28(2,20-10-8-11-21(29)18-20)31-27(30)19-9-7-12-22(17-19)32-25-15-5-3-13-23(25)24-14-4-6-16-26(24)32/h3-18H,1-2H3/q+1. The van der Waals surface area contributed by atoms with E-state index in [1.54, 1.807) is 32.0 Å². The molecule has 2 nitrogen and oxygen atoms in total. The predicted octanol–water partition coefficient (Wildman–Crippen LogP) is 7.96. The van der Waals surface area contributed by atoms with Crippen molar-refractivity contribution in [2.45, 2.75) is 19.4 Å². The van der Waals surface area contributed by atoms with Crippen molar-refractivity contribution in [1.29, 1.82) is 0 Å². The van der Waals surface area contributed by atoms with Crippen LogP contribution in [0.15, 0.2) is 97.1 Å². The van der Waals surface area contributed by atoms with Crippen LogP contribution in [-0.2, 0) is 10.3 Å². The normalized spacial score (nSPS) is 11.7. The Balaban J connectivity index is 1.55. The third-order valence-corrected chi connectivity index (χ3v) is 7.99. The van der Waals surface area contributed by atoms with Gasteiger partial charge in [-0.15, -0.1) is 0 Å². The summed E-state index contributed by atoms with van der Waals surface area (Å²) in [7, 11) is -0.287. The summed E-state index contributed by atoms with van der Waals surface area (Å²) in [6, 6.07) is 30.7. The Hall–Kier alpha value is -3.50. The quantitative estimate of drug-likeness (QED) is 0.209. The molecule has 0 saturated heterocycles. The van der Waals surface area contributed by atoms with Crippen LogP contribution in [0.4, 0.5) is 4.39 Å². The molecule has 5 aromatic rings. The zero-order valence-corrected chi connectivity index (χ0v) is 18.7. The fourth-order valence-corrected chi connectivity index (χ4v) is 6.50. The molecule has 0 atom stereocenters. The molecule has 0 N–H and O–H groups in total. The van der Waals surface area contributed by atoms with E-state index < -0.39 is 11.6 Å². The topological polar surface area (TPSA) is 26.3 Å². The lowest BCUT2D eigenvalue weighted by atomic mass is 9.98. The first kappa shape index (κ1) is 20.4. The number of halogens is 1. The van der Waals surface area contributed by atoms with Crippen LogP contribution in [0.3, 0.4) is 0 Å². The highest BCUT2D eigenvalue weighted by Gasteiger charge is 2.28. The Morgan fingerprint density at radius 2 is 1.41 bits per heavy atom. The Bertz CT molecular complexity index is 1410. The highest BCUT2D eigenvalue weighted by molar-refractivity contribution is 7.50. The Labute approximate surface area is 188 Å². The van der Waals surface area contributed by atoms with Gasteiger partial charge in [0.15, 0.2) is 14.3 Å². The first-order valence-electron chi connectivity index (χ1n) is 10.5. The summed E-state index contributed by atoms with van der Waals surface area (Å²) in [5.74, 6) is -0.779. The fourth-order valence-electron chi connectivity index (χ4n) is 4.07. The number of ether oxygens (including phenoxy) is 1. The molecule has 0 unspecified atom stereocenters. The van der Waals surface area contributed by atoms with Gasteiger partial charge in [0.2, 0.25) is 0 Å². The lowest BCUT2D eigenvalue weighted by molar-refractivity contribution is -0.00324. The molecular formula is C28H22FO2S+. The van der Waals surface area contributed by atoms with Gasteiger partial charge in [0.25, 0.3) is 0 Å². The molecular weight excluding hydrogens is 419 g/mol. The number of thiophene rings is 1. The van der Waals surface area contributed by atoms with Gasteiger partial charge in [0.1, 0.15) is 11.4 Å². The van der Waals surface area contributed by atoms with Crippen LogP contribution >= 0.6 is 10.5 Å². The molecule has 0 amide bonds. The first-order chi connectivity index (χ1) is 15.4. The van der Waals surface area contributed by atoms with E-state index in [-0.39, 0.29) is 16.3 Å². The molecule has 1 aromatic heterocycles. The molecule has 4 heteroatoms. The molecule has 0 bridgehead atoms. The van der Waals surface area contributed by atoms with Crippen LogP contribution in [0.1, 0.15) is 29.8 Å². The summed E-state index contributed by atoms with van der Waals surface area (Å²) in [4.78, 5) is 14.1. The van der Waals surface area contributed by atoms with E-state index in [2.05, 4.69) is 54.6 Å². The van der Waals surface area contributed by atoms with Crippen molar-refractivity contribution in [1.82, 2.24) is 0 Å². The summed E-state index contributed by atoms with van der Waals surface area (Å²) in [5, 5.41) is 2.48. The number of hydrogen-bond acceptors (Lipinski definition) is 2. The largest absolute Gasteiger partial charge is 0.451 e. The van der Waals surface area contributed by atoms with E-state index >= 15 is 0 Å². The van der Waals surface area contributed by atoms with Gasteiger partial charge in [-0.1, -0.05) is 42.5 Å². The van der Waals surface area contributed by atoms with E-state index in [1.165, 1.54) is 32.3 Å². The van der Waals surface area contributed by atoms with Crippen molar-refractivity contribution < 1.29 is 13.9 Å². The lowest BCUT2D eigenvalue weighted by Crippen LogP contribution is -2.25. The van der Waals surface area contributed by atoms with Crippen LogP contribution in [0.2, 0.25) is 0 Å². The number of carbonyl (C=O) groups is 1. The number of hydrogen-bond donors (Lipinski definition) is 0. The van der Waals surface area contributed by atoms with Gasteiger partial charge in [-0.25, -0.2) is 9.18 Å². The van der Waals surface area contributed by atoms with Crippen LogP contribution in [0.25, 0.3) is 25.1 Å². The SMILES string of the molecule is CC(C)(OC(=O)c1cccc(-[s+]2c3ccccc3c3ccccc32)c1)c1cccc(F)c1. The van der Waals surface area contributed by atoms with Gasteiger partial charge in [-0.3, -0.25) is 0 Å². The minimum atomic E-state index is -0.954. The number of rotatable bonds is 4. The van der Waals surface area contributed by atoms with Gasteiger partial charge in [-0.2, -0.15) is 0 Å². The summed E-state index contributed by atoms with van der Waals surface area (Å²) in [6.07, 6.45) is 0. The number of fused-ring (bicyclic) bond motifs is 3. The summed E-state index contributed by atoms with van der Waals surface area (Å²) >= 11 is 0. The zero-order chi connectivity index (χ0) is 22.3. The highest BCUT2D eigenvalue weighted by Crippen LogP contribution is 2.48. The molecule has 0 spiro atoms. The molecule has 32 heavy (non-hydrogen) atoms. The van der Waals surface area contributed by atoms with Crippen LogP contribution in [0, 0.1) is 5.82 Å². The molecule has 0 aliphatic heterocycles. The molecule has 4 aromatic carbocycles. The summed E-state index contributed by atoms with van der Waals surface area (Å²) < 4.78 is 22.0.